The van der Waals surface area contributed by atoms with Gasteiger partial charge in [0.2, 0.25) is 0 Å². The zero-order valence-corrected chi connectivity index (χ0v) is 22.2. The summed E-state index contributed by atoms with van der Waals surface area (Å²) in [4.78, 5) is 0. The quantitative estimate of drug-likeness (QED) is 0.209. The molecule has 1 aliphatic rings. The third-order valence-corrected chi connectivity index (χ3v) is 8.84. The minimum Gasteiger partial charge on any atom is -0.0622 e. The minimum absolute atomic E-state index is 0.00433. The number of rotatable bonds is 2. The molecule has 7 aromatic carbocycles. The largest absolute Gasteiger partial charge is 0.0622 e. The van der Waals surface area contributed by atoms with Crippen LogP contribution in [0.3, 0.4) is 0 Å². The van der Waals surface area contributed by atoms with E-state index < -0.39 is 0 Å². The first-order valence-corrected chi connectivity index (χ1v) is 13.8. The fourth-order valence-electron chi connectivity index (χ4n) is 6.86. The lowest BCUT2D eigenvalue weighted by Crippen LogP contribution is -2.14. The maximum atomic E-state index is 2.42. The van der Waals surface area contributed by atoms with Crippen LogP contribution in [0.4, 0.5) is 0 Å². The van der Waals surface area contributed by atoms with Crippen molar-refractivity contribution in [1.82, 2.24) is 0 Å². The van der Waals surface area contributed by atoms with E-state index >= 15 is 0 Å². The molecule has 0 saturated carbocycles. The van der Waals surface area contributed by atoms with Crippen LogP contribution in [-0.4, -0.2) is 0 Å². The molecule has 0 atom stereocenters. The van der Waals surface area contributed by atoms with Gasteiger partial charge in [-0.05, 0) is 95.0 Å². The summed E-state index contributed by atoms with van der Waals surface area (Å²) in [7, 11) is 0. The molecule has 0 heterocycles. The zero-order chi connectivity index (χ0) is 26.1. The van der Waals surface area contributed by atoms with Crippen LogP contribution in [0.1, 0.15) is 25.0 Å². The number of hydrogen-bond donors (Lipinski definition) is 0. The molecule has 0 unspecified atom stereocenters. The molecule has 0 aromatic heterocycles. The molecule has 0 heteroatoms. The number of hydrogen-bond acceptors (Lipinski definition) is 0. The third-order valence-electron chi connectivity index (χ3n) is 8.84. The standard InChI is InChI=1S/C39H28/c1-39(2)36-15-9-8-13-32(36)33-21-19-27(24-37(33)39)26-18-20-30-28(22-26)16-17-29-23-35(25-10-4-3-5-11-25)31-12-6-7-14-34(31)38(29)30/h3-24H,1-2H3. The highest BCUT2D eigenvalue weighted by molar-refractivity contribution is 6.23. The van der Waals surface area contributed by atoms with E-state index in [1.165, 1.54) is 76.8 Å². The van der Waals surface area contributed by atoms with E-state index in [1.807, 2.05) is 0 Å². The number of fused-ring (bicyclic) bond motifs is 8. The van der Waals surface area contributed by atoms with Gasteiger partial charge in [-0.1, -0.05) is 129 Å². The van der Waals surface area contributed by atoms with Crippen molar-refractivity contribution in [3.63, 3.8) is 0 Å². The van der Waals surface area contributed by atoms with Gasteiger partial charge in [0, 0.05) is 5.41 Å². The van der Waals surface area contributed by atoms with Gasteiger partial charge in [0.25, 0.3) is 0 Å². The van der Waals surface area contributed by atoms with Crippen molar-refractivity contribution in [2.24, 2.45) is 0 Å². The highest BCUT2D eigenvalue weighted by Crippen LogP contribution is 2.49. The first kappa shape index (κ1) is 22.3. The lowest BCUT2D eigenvalue weighted by atomic mass is 9.81. The number of benzene rings is 7. The topological polar surface area (TPSA) is 0 Å². The maximum absolute atomic E-state index is 2.42. The molecular weight excluding hydrogens is 468 g/mol. The minimum atomic E-state index is 0.00433. The first-order chi connectivity index (χ1) is 19.1. The Labute approximate surface area is 229 Å². The van der Waals surface area contributed by atoms with Gasteiger partial charge in [-0.25, -0.2) is 0 Å². The summed E-state index contributed by atoms with van der Waals surface area (Å²) in [5.41, 5.74) is 10.7. The van der Waals surface area contributed by atoms with Crippen molar-refractivity contribution in [2.45, 2.75) is 19.3 Å². The van der Waals surface area contributed by atoms with Gasteiger partial charge in [-0.2, -0.15) is 0 Å². The molecule has 0 aliphatic heterocycles. The molecule has 0 nitrogen and oxygen atoms in total. The van der Waals surface area contributed by atoms with Crippen LogP contribution in [0.5, 0.6) is 0 Å². The Morgan fingerprint density at radius 1 is 0.385 bits per heavy atom. The van der Waals surface area contributed by atoms with E-state index in [1.54, 1.807) is 0 Å². The molecule has 8 rings (SSSR count). The molecular formula is C39H28. The van der Waals surface area contributed by atoms with Gasteiger partial charge in [-0.3, -0.25) is 0 Å². The summed E-state index contributed by atoms with van der Waals surface area (Å²) in [6.45, 7) is 4.70. The highest BCUT2D eigenvalue weighted by Gasteiger charge is 2.35. The van der Waals surface area contributed by atoms with Crippen molar-refractivity contribution in [3.05, 3.63) is 145 Å². The van der Waals surface area contributed by atoms with E-state index in [9.17, 15) is 0 Å². The van der Waals surface area contributed by atoms with Crippen LogP contribution < -0.4 is 0 Å². The molecule has 0 radical (unpaired) electrons. The van der Waals surface area contributed by atoms with Crippen LogP contribution in [0.15, 0.2) is 133 Å². The van der Waals surface area contributed by atoms with Gasteiger partial charge in [-0.15, -0.1) is 0 Å². The lowest BCUT2D eigenvalue weighted by Gasteiger charge is -2.22. The second-order valence-electron chi connectivity index (χ2n) is 11.4. The predicted molar refractivity (Wildman–Crippen MR) is 167 cm³/mol. The third kappa shape index (κ3) is 3.25. The van der Waals surface area contributed by atoms with Crippen LogP contribution in [0.2, 0.25) is 0 Å². The van der Waals surface area contributed by atoms with E-state index in [0.29, 0.717) is 0 Å². The van der Waals surface area contributed by atoms with Gasteiger partial charge in [0.05, 0.1) is 0 Å². The van der Waals surface area contributed by atoms with Crippen LogP contribution in [-0.2, 0) is 5.41 Å². The predicted octanol–water partition coefficient (Wildman–Crippen LogP) is 10.8. The van der Waals surface area contributed by atoms with Crippen molar-refractivity contribution in [3.8, 4) is 33.4 Å². The highest BCUT2D eigenvalue weighted by atomic mass is 14.4. The second kappa shape index (κ2) is 8.16. The Balaban J connectivity index is 1.31. The molecule has 39 heavy (non-hydrogen) atoms. The smallest absolute Gasteiger partial charge is 0.0159 e. The molecule has 0 spiro atoms. The molecule has 0 fully saturated rings. The van der Waals surface area contributed by atoms with Crippen LogP contribution in [0, 0.1) is 0 Å². The van der Waals surface area contributed by atoms with E-state index in [0.717, 1.165) is 0 Å². The van der Waals surface area contributed by atoms with Crippen molar-refractivity contribution in [1.29, 1.82) is 0 Å². The van der Waals surface area contributed by atoms with Gasteiger partial charge in [0.15, 0.2) is 0 Å². The zero-order valence-electron chi connectivity index (χ0n) is 22.2. The fraction of sp³-hybridized carbons (Fsp3) is 0.0769. The summed E-state index contributed by atoms with van der Waals surface area (Å²) in [5.74, 6) is 0. The lowest BCUT2D eigenvalue weighted by molar-refractivity contribution is 0.660. The van der Waals surface area contributed by atoms with Crippen molar-refractivity contribution >= 4 is 32.3 Å². The molecule has 7 aromatic rings. The molecule has 0 N–H and O–H groups in total. The fourth-order valence-corrected chi connectivity index (χ4v) is 6.86. The summed E-state index contributed by atoms with van der Waals surface area (Å²) in [5, 5.41) is 7.81. The van der Waals surface area contributed by atoms with Gasteiger partial charge < -0.3 is 0 Å². The average molecular weight is 497 g/mol. The normalized spacial score (nSPS) is 13.6. The second-order valence-corrected chi connectivity index (χ2v) is 11.4. The summed E-state index contributed by atoms with van der Waals surface area (Å²) >= 11 is 0. The van der Waals surface area contributed by atoms with E-state index in [2.05, 4.69) is 147 Å². The average Bonchev–Trinajstić information content (AvgIpc) is 3.22. The Kier molecular flexibility index (Phi) is 4.67. The molecule has 0 amide bonds. The Morgan fingerprint density at radius 2 is 1.05 bits per heavy atom. The SMILES string of the molecule is CC1(C)c2ccccc2-c2ccc(-c3ccc4c(ccc5cc(-c6ccccc6)c6ccccc6c54)c3)cc21. The molecule has 184 valence electrons. The molecule has 0 bridgehead atoms. The van der Waals surface area contributed by atoms with Crippen LogP contribution >= 0.6 is 0 Å². The Morgan fingerprint density at radius 3 is 1.92 bits per heavy atom. The Hall–Kier alpha value is -4.68. The maximum Gasteiger partial charge on any atom is 0.0159 e. The molecule has 0 saturated heterocycles. The van der Waals surface area contributed by atoms with Crippen molar-refractivity contribution < 1.29 is 0 Å². The van der Waals surface area contributed by atoms with E-state index in [4.69, 9.17) is 0 Å². The first-order valence-electron chi connectivity index (χ1n) is 13.8. The Bertz CT molecular complexity index is 2080. The molecule has 1 aliphatic carbocycles. The monoisotopic (exact) mass is 496 g/mol. The van der Waals surface area contributed by atoms with Gasteiger partial charge >= 0.3 is 0 Å². The van der Waals surface area contributed by atoms with Crippen molar-refractivity contribution in [2.75, 3.05) is 0 Å². The van der Waals surface area contributed by atoms with Crippen LogP contribution in [0.25, 0.3) is 65.7 Å². The summed E-state index contributed by atoms with van der Waals surface area (Å²) in [6.07, 6.45) is 0. The summed E-state index contributed by atoms with van der Waals surface area (Å²) < 4.78 is 0. The van der Waals surface area contributed by atoms with E-state index in [-0.39, 0.29) is 5.41 Å². The summed E-state index contributed by atoms with van der Waals surface area (Å²) in [6, 6.07) is 49.4. The van der Waals surface area contributed by atoms with Gasteiger partial charge in [0.1, 0.15) is 0 Å².